The fraction of sp³-hybridized carbons (Fsp3) is 0.615. The molecule has 2 aliphatic rings. The molecule has 1 saturated heterocycles. The van der Waals surface area contributed by atoms with Crippen molar-refractivity contribution in [3.05, 3.63) is 35.4 Å². The maximum atomic E-state index is 12.7. The Balaban J connectivity index is 0.00000100. The van der Waals surface area contributed by atoms with Gasteiger partial charge in [0.25, 0.3) is 11.8 Å². The van der Waals surface area contributed by atoms with Gasteiger partial charge in [0.1, 0.15) is 5.54 Å². The molecule has 194 valence electrons. The minimum atomic E-state index is -0.973. The van der Waals surface area contributed by atoms with Crippen LogP contribution in [0.1, 0.15) is 75.7 Å². The van der Waals surface area contributed by atoms with Crippen LogP contribution in [-0.4, -0.2) is 59.5 Å². The van der Waals surface area contributed by atoms with Crippen LogP contribution in [0.15, 0.2) is 24.3 Å². The van der Waals surface area contributed by atoms with Crippen molar-refractivity contribution in [2.45, 2.75) is 71.9 Å². The second-order valence-electron chi connectivity index (χ2n) is 10.3. The van der Waals surface area contributed by atoms with Gasteiger partial charge in [-0.05, 0) is 68.3 Å². The van der Waals surface area contributed by atoms with E-state index in [9.17, 15) is 19.2 Å². The van der Waals surface area contributed by atoms with Gasteiger partial charge in [-0.2, -0.15) is 0 Å². The Hall–Kier alpha value is -2.94. The number of carbonyl (C=O) groups is 4. The monoisotopic (exact) mass is 488 g/mol. The summed E-state index contributed by atoms with van der Waals surface area (Å²) in [6, 6.07) is 6.44. The van der Waals surface area contributed by atoms with Crippen LogP contribution < -0.4 is 16.0 Å². The second-order valence-corrected chi connectivity index (χ2v) is 10.3. The highest BCUT2D eigenvalue weighted by Crippen LogP contribution is 2.45. The number of urea groups is 1. The van der Waals surface area contributed by atoms with Gasteiger partial charge in [-0.1, -0.05) is 39.8 Å². The number of nitrogens with zero attached hydrogens (tertiary/aromatic N) is 1. The molecule has 4 N–H and O–H groups in total. The summed E-state index contributed by atoms with van der Waals surface area (Å²) >= 11 is 0. The number of carboxylic acids is 1. The third-order valence-corrected chi connectivity index (χ3v) is 6.98. The summed E-state index contributed by atoms with van der Waals surface area (Å²) in [5, 5.41) is 16.6. The number of aliphatic carboxylic acids is 1. The normalized spacial score (nSPS) is 21.9. The highest BCUT2D eigenvalue weighted by atomic mass is 16.4. The minimum absolute atomic E-state index is 0.0596. The van der Waals surface area contributed by atoms with E-state index in [1.54, 1.807) is 29.2 Å². The first kappa shape index (κ1) is 28.3. The van der Waals surface area contributed by atoms with Crippen LogP contribution in [0.3, 0.4) is 0 Å². The Morgan fingerprint density at radius 2 is 1.71 bits per heavy atom. The largest absolute Gasteiger partial charge is 0.481 e. The Morgan fingerprint density at radius 1 is 1.14 bits per heavy atom. The molecular formula is C26H40N4O5. The van der Waals surface area contributed by atoms with E-state index in [1.165, 1.54) is 0 Å². The molecule has 1 aliphatic carbocycles. The van der Waals surface area contributed by atoms with Crippen LogP contribution in [0, 0.1) is 11.3 Å². The quantitative estimate of drug-likeness (QED) is 0.437. The number of carboxylic acid groups (broad SMARTS) is 1. The summed E-state index contributed by atoms with van der Waals surface area (Å²) in [7, 11) is 1.93. The maximum Gasteiger partial charge on any atom is 0.325 e. The molecule has 0 atom stereocenters. The molecule has 1 heterocycles. The summed E-state index contributed by atoms with van der Waals surface area (Å²) in [6.45, 7) is 10.1. The molecule has 2 fully saturated rings. The van der Waals surface area contributed by atoms with Crippen LogP contribution in [0.25, 0.3) is 0 Å². The third-order valence-electron chi connectivity index (χ3n) is 6.98. The van der Waals surface area contributed by atoms with Gasteiger partial charge in [0.05, 0.1) is 6.42 Å². The molecule has 0 bridgehead atoms. The molecule has 0 unspecified atom stereocenters. The van der Waals surface area contributed by atoms with Gasteiger partial charge in [0.2, 0.25) is 0 Å². The lowest BCUT2D eigenvalue weighted by atomic mass is 9.67. The number of hydrogen-bond acceptors (Lipinski definition) is 5. The summed E-state index contributed by atoms with van der Waals surface area (Å²) in [5.74, 6) is -1.01. The molecule has 1 aliphatic heterocycles. The SMILES string of the molecule is CC(C)(C)C1CCC2(CC1)C(=O)NC(=O)N2Cc1ccc(C(=O)NCCC(=O)O)cc1.CCNC. The van der Waals surface area contributed by atoms with E-state index < -0.39 is 11.5 Å². The van der Waals surface area contributed by atoms with Crippen molar-refractivity contribution in [1.29, 1.82) is 0 Å². The lowest BCUT2D eigenvalue weighted by Gasteiger charge is -2.44. The standard InChI is InChI=1S/C23H31N3O5.C3H9N/c1-22(2,3)17-8-11-23(12-9-17)20(30)25-21(31)26(23)14-15-4-6-16(7-5-15)19(29)24-13-10-18(27)28;1-3-4-2/h4-7,17H,8-14H2,1-3H3,(H,24,29)(H,27,28)(H,25,30,31);4H,3H2,1-2H3. The van der Waals surface area contributed by atoms with Crippen molar-refractivity contribution >= 4 is 23.8 Å². The summed E-state index contributed by atoms with van der Waals surface area (Å²) in [4.78, 5) is 49.6. The first-order valence-electron chi connectivity index (χ1n) is 12.3. The van der Waals surface area contributed by atoms with Crippen LogP contribution >= 0.6 is 0 Å². The predicted molar refractivity (Wildman–Crippen MR) is 134 cm³/mol. The topological polar surface area (TPSA) is 128 Å². The zero-order chi connectivity index (χ0) is 26.2. The Labute approximate surface area is 208 Å². The van der Waals surface area contributed by atoms with Crippen LogP contribution in [0.4, 0.5) is 4.79 Å². The molecule has 9 nitrogen and oxygen atoms in total. The zero-order valence-electron chi connectivity index (χ0n) is 21.6. The van der Waals surface area contributed by atoms with Crippen molar-refractivity contribution < 1.29 is 24.3 Å². The van der Waals surface area contributed by atoms with E-state index in [-0.39, 0.29) is 36.2 Å². The van der Waals surface area contributed by atoms with Crippen molar-refractivity contribution in [3.63, 3.8) is 0 Å². The Morgan fingerprint density at radius 3 is 2.20 bits per heavy atom. The second kappa shape index (κ2) is 12.2. The van der Waals surface area contributed by atoms with Gasteiger partial charge in [-0.15, -0.1) is 0 Å². The number of rotatable bonds is 7. The molecule has 9 heteroatoms. The van der Waals surface area contributed by atoms with Crippen LogP contribution in [0.5, 0.6) is 0 Å². The van der Waals surface area contributed by atoms with E-state index in [0.717, 1.165) is 24.9 Å². The third kappa shape index (κ3) is 7.27. The molecule has 1 saturated carbocycles. The number of imide groups is 1. The van der Waals surface area contributed by atoms with E-state index in [2.05, 4.69) is 43.6 Å². The number of nitrogens with one attached hydrogen (secondary N) is 3. The fourth-order valence-corrected chi connectivity index (χ4v) is 4.61. The van der Waals surface area contributed by atoms with E-state index in [0.29, 0.717) is 30.9 Å². The van der Waals surface area contributed by atoms with Crippen molar-refractivity contribution in [2.75, 3.05) is 20.1 Å². The number of amides is 4. The molecule has 0 radical (unpaired) electrons. The highest BCUT2D eigenvalue weighted by Gasteiger charge is 2.54. The number of benzene rings is 1. The van der Waals surface area contributed by atoms with Gasteiger partial charge in [0, 0.05) is 18.7 Å². The molecular weight excluding hydrogens is 448 g/mol. The molecule has 1 spiro atoms. The molecule has 3 rings (SSSR count). The predicted octanol–water partition coefficient (Wildman–Crippen LogP) is 3.14. The van der Waals surface area contributed by atoms with Crippen LogP contribution in [-0.2, 0) is 16.1 Å². The lowest BCUT2D eigenvalue weighted by Crippen LogP contribution is -2.52. The molecule has 1 aromatic carbocycles. The van der Waals surface area contributed by atoms with Gasteiger partial charge < -0.3 is 20.6 Å². The van der Waals surface area contributed by atoms with Gasteiger partial charge in [-0.3, -0.25) is 19.7 Å². The highest BCUT2D eigenvalue weighted by molar-refractivity contribution is 6.07. The summed E-state index contributed by atoms with van der Waals surface area (Å²) in [6.07, 6.45) is 2.96. The van der Waals surface area contributed by atoms with Crippen LogP contribution in [0.2, 0.25) is 0 Å². The molecule has 1 aromatic rings. The van der Waals surface area contributed by atoms with E-state index in [1.807, 2.05) is 7.05 Å². The van der Waals surface area contributed by atoms with E-state index >= 15 is 0 Å². The van der Waals surface area contributed by atoms with Gasteiger partial charge in [0.15, 0.2) is 0 Å². The van der Waals surface area contributed by atoms with Crippen molar-refractivity contribution in [3.8, 4) is 0 Å². The summed E-state index contributed by atoms with van der Waals surface area (Å²) in [5.41, 5.74) is 0.610. The van der Waals surface area contributed by atoms with Crippen molar-refractivity contribution in [1.82, 2.24) is 20.9 Å². The molecule has 35 heavy (non-hydrogen) atoms. The minimum Gasteiger partial charge on any atom is -0.481 e. The molecule has 0 aromatic heterocycles. The number of hydrogen-bond donors (Lipinski definition) is 4. The Kier molecular flexibility index (Phi) is 9.82. The smallest absolute Gasteiger partial charge is 0.325 e. The molecule has 4 amide bonds. The zero-order valence-corrected chi connectivity index (χ0v) is 21.6. The number of carbonyl (C=O) groups excluding carboxylic acids is 3. The first-order valence-corrected chi connectivity index (χ1v) is 12.3. The average Bonchev–Trinajstić information content (AvgIpc) is 3.02. The Bertz CT molecular complexity index is 897. The fourth-order valence-electron chi connectivity index (χ4n) is 4.61. The lowest BCUT2D eigenvalue weighted by molar-refractivity contribution is -0.136. The van der Waals surface area contributed by atoms with Gasteiger partial charge in [-0.25, -0.2) is 4.79 Å². The maximum absolute atomic E-state index is 12.7. The van der Waals surface area contributed by atoms with Crippen molar-refractivity contribution in [2.24, 2.45) is 11.3 Å². The van der Waals surface area contributed by atoms with Gasteiger partial charge >= 0.3 is 12.0 Å². The summed E-state index contributed by atoms with van der Waals surface area (Å²) < 4.78 is 0. The van der Waals surface area contributed by atoms with E-state index in [4.69, 9.17) is 5.11 Å². The average molecular weight is 489 g/mol. The first-order chi connectivity index (χ1) is 16.4.